The van der Waals surface area contributed by atoms with Crippen molar-refractivity contribution in [2.45, 2.75) is 19.8 Å². The van der Waals surface area contributed by atoms with Gasteiger partial charge in [0.1, 0.15) is 0 Å². The summed E-state index contributed by atoms with van der Waals surface area (Å²) in [4.78, 5) is 17.2. The van der Waals surface area contributed by atoms with E-state index >= 15 is 0 Å². The number of hydrogen-bond donors (Lipinski definition) is 1. The zero-order valence-corrected chi connectivity index (χ0v) is 18.2. The van der Waals surface area contributed by atoms with Crippen molar-refractivity contribution in [3.8, 4) is 0 Å². The lowest BCUT2D eigenvalue weighted by molar-refractivity contribution is -0.120. The first kappa shape index (κ1) is 20.7. The predicted molar refractivity (Wildman–Crippen MR) is 122 cm³/mol. The Labute approximate surface area is 180 Å². The standard InChI is InChI=1S/C22H23N3O3S2/c1-16-6-5-9-19-20(16)23-22(29-19)24-21(26)18-10-13-25(14-11-18)30(27,28)15-12-17-7-3-2-4-8-17/h2-9,12,15,18H,10-11,13-14H2,1H3,(H,23,24,26)/b15-12+. The maximum absolute atomic E-state index is 12.7. The number of anilines is 1. The molecule has 0 aliphatic carbocycles. The van der Waals surface area contributed by atoms with E-state index < -0.39 is 10.0 Å². The third kappa shape index (κ3) is 4.61. The zero-order valence-electron chi connectivity index (χ0n) is 16.6. The Hall–Kier alpha value is -2.55. The number of nitrogens with zero attached hydrogens (tertiary/aromatic N) is 2. The molecule has 2 aromatic carbocycles. The number of amides is 1. The van der Waals surface area contributed by atoms with Gasteiger partial charge in [0.25, 0.3) is 0 Å². The summed E-state index contributed by atoms with van der Waals surface area (Å²) >= 11 is 1.45. The lowest BCUT2D eigenvalue weighted by atomic mass is 9.97. The molecular formula is C22H23N3O3S2. The highest BCUT2D eigenvalue weighted by atomic mass is 32.2. The minimum Gasteiger partial charge on any atom is -0.302 e. The molecule has 1 aliphatic rings. The minimum atomic E-state index is -3.50. The first-order valence-electron chi connectivity index (χ1n) is 9.83. The number of aromatic nitrogens is 1. The van der Waals surface area contributed by atoms with Crippen LogP contribution in [-0.2, 0) is 14.8 Å². The molecule has 0 bridgehead atoms. The Morgan fingerprint density at radius 3 is 2.57 bits per heavy atom. The summed E-state index contributed by atoms with van der Waals surface area (Å²) in [7, 11) is -3.50. The van der Waals surface area contributed by atoms with Gasteiger partial charge in [0.2, 0.25) is 15.9 Å². The Bertz CT molecular complexity index is 1180. The van der Waals surface area contributed by atoms with Gasteiger partial charge in [-0.25, -0.2) is 13.4 Å². The number of aryl methyl sites for hydroxylation is 1. The van der Waals surface area contributed by atoms with Crippen LogP contribution >= 0.6 is 11.3 Å². The molecule has 30 heavy (non-hydrogen) atoms. The van der Waals surface area contributed by atoms with E-state index in [-0.39, 0.29) is 11.8 Å². The Morgan fingerprint density at radius 2 is 1.87 bits per heavy atom. The number of rotatable bonds is 5. The SMILES string of the molecule is Cc1cccc2sc(NC(=O)C3CCN(S(=O)(=O)/C=C/c4ccccc4)CC3)nc12. The highest BCUT2D eigenvalue weighted by Crippen LogP contribution is 2.29. The van der Waals surface area contributed by atoms with Gasteiger partial charge in [-0.2, -0.15) is 4.31 Å². The monoisotopic (exact) mass is 441 g/mol. The Kier molecular flexibility index (Phi) is 5.99. The number of sulfonamides is 1. The van der Waals surface area contributed by atoms with Crippen molar-refractivity contribution < 1.29 is 13.2 Å². The van der Waals surface area contributed by atoms with Crippen molar-refractivity contribution in [3.05, 3.63) is 65.1 Å². The molecule has 0 saturated carbocycles. The Balaban J connectivity index is 1.36. The van der Waals surface area contributed by atoms with Crippen LogP contribution in [-0.4, -0.2) is 36.7 Å². The largest absolute Gasteiger partial charge is 0.302 e. The number of carbonyl (C=O) groups is 1. The van der Waals surface area contributed by atoms with Crippen LogP contribution in [0.5, 0.6) is 0 Å². The summed E-state index contributed by atoms with van der Waals surface area (Å²) in [5.74, 6) is -0.314. The molecule has 1 aliphatic heterocycles. The molecule has 0 unspecified atom stereocenters. The number of piperidine rings is 1. The summed E-state index contributed by atoms with van der Waals surface area (Å²) in [6, 6.07) is 15.3. The maximum Gasteiger partial charge on any atom is 0.236 e. The zero-order chi connectivity index (χ0) is 21.1. The molecule has 3 aromatic rings. The minimum absolute atomic E-state index is 0.0939. The van der Waals surface area contributed by atoms with Crippen LogP contribution in [0.3, 0.4) is 0 Å². The van der Waals surface area contributed by atoms with Crippen molar-refractivity contribution in [2.75, 3.05) is 18.4 Å². The van der Waals surface area contributed by atoms with E-state index in [2.05, 4.69) is 10.3 Å². The highest BCUT2D eigenvalue weighted by Gasteiger charge is 2.30. The van der Waals surface area contributed by atoms with Gasteiger partial charge in [-0.3, -0.25) is 4.79 Å². The number of thiazole rings is 1. The van der Waals surface area contributed by atoms with Crippen LogP contribution in [0.25, 0.3) is 16.3 Å². The van der Waals surface area contributed by atoms with E-state index in [1.807, 2.05) is 55.5 Å². The molecule has 1 amide bonds. The van der Waals surface area contributed by atoms with Crippen LogP contribution in [0.4, 0.5) is 5.13 Å². The van der Waals surface area contributed by atoms with E-state index in [1.54, 1.807) is 6.08 Å². The van der Waals surface area contributed by atoms with Crippen molar-refractivity contribution >= 4 is 48.7 Å². The van der Waals surface area contributed by atoms with Gasteiger partial charge in [0.15, 0.2) is 5.13 Å². The molecule has 156 valence electrons. The van der Waals surface area contributed by atoms with Crippen LogP contribution in [0.2, 0.25) is 0 Å². The van der Waals surface area contributed by atoms with Gasteiger partial charge in [-0.15, -0.1) is 0 Å². The number of carbonyl (C=O) groups excluding carboxylic acids is 1. The van der Waals surface area contributed by atoms with Crippen LogP contribution in [0.1, 0.15) is 24.0 Å². The fraction of sp³-hybridized carbons (Fsp3) is 0.273. The summed E-state index contributed by atoms with van der Waals surface area (Å²) in [6.45, 7) is 2.66. The molecule has 8 heteroatoms. The first-order valence-corrected chi connectivity index (χ1v) is 12.1. The van der Waals surface area contributed by atoms with Gasteiger partial charge < -0.3 is 5.32 Å². The highest BCUT2D eigenvalue weighted by molar-refractivity contribution is 7.92. The van der Waals surface area contributed by atoms with Gasteiger partial charge in [0.05, 0.1) is 10.2 Å². The molecule has 0 radical (unpaired) electrons. The molecule has 1 N–H and O–H groups in total. The maximum atomic E-state index is 12.7. The Morgan fingerprint density at radius 1 is 1.13 bits per heavy atom. The van der Waals surface area contributed by atoms with Crippen molar-refractivity contribution in [3.63, 3.8) is 0 Å². The topological polar surface area (TPSA) is 79.4 Å². The van der Waals surface area contributed by atoms with Crippen molar-refractivity contribution in [2.24, 2.45) is 5.92 Å². The summed E-state index contributed by atoms with van der Waals surface area (Å²) in [6.07, 6.45) is 2.59. The lowest BCUT2D eigenvalue weighted by Crippen LogP contribution is -2.40. The molecular weight excluding hydrogens is 418 g/mol. The fourth-order valence-electron chi connectivity index (χ4n) is 3.53. The van der Waals surface area contributed by atoms with Gasteiger partial charge in [-0.05, 0) is 43.0 Å². The fourth-order valence-corrected chi connectivity index (χ4v) is 5.70. The molecule has 1 saturated heterocycles. The summed E-state index contributed by atoms with van der Waals surface area (Å²) in [5.41, 5.74) is 2.82. The average molecular weight is 442 g/mol. The second-order valence-electron chi connectivity index (χ2n) is 7.36. The first-order chi connectivity index (χ1) is 14.4. The van der Waals surface area contributed by atoms with Crippen LogP contribution in [0.15, 0.2) is 53.9 Å². The summed E-state index contributed by atoms with van der Waals surface area (Å²) < 4.78 is 27.7. The van der Waals surface area contributed by atoms with E-state index in [4.69, 9.17) is 0 Å². The molecule has 4 rings (SSSR count). The van der Waals surface area contributed by atoms with Crippen LogP contribution in [0, 0.1) is 12.8 Å². The van der Waals surface area contributed by atoms with E-state index in [1.165, 1.54) is 21.1 Å². The molecule has 0 atom stereocenters. The molecule has 2 heterocycles. The molecule has 1 fully saturated rings. The molecule has 6 nitrogen and oxygen atoms in total. The lowest BCUT2D eigenvalue weighted by Gasteiger charge is -2.29. The number of para-hydroxylation sites is 1. The van der Waals surface area contributed by atoms with E-state index in [9.17, 15) is 13.2 Å². The quantitative estimate of drug-likeness (QED) is 0.642. The number of nitrogens with one attached hydrogen (secondary N) is 1. The van der Waals surface area contributed by atoms with Gasteiger partial charge in [-0.1, -0.05) is 53.8 Å². The molecule has 1 aromatic heterocycles. The predicted octanol–water partition coefficient (Wildman–Crippen LogP) is 4.26. The number of benzene rings is 2. The normalized spacial score (nSPS) is 16.3. The van der Waals surface area contributed by atoms with Gasteiger partial charge >= 0.3 is 0 Å². The van der Waals surface area contributed by atoms with Crippen molar-refractivity contribution in [1.29, 1.82) is 0 Å². The smallest absolute Gasteiger partial charge is 0.236 e. The van der Waals surface area contributed by atoms with E-state index in [0.717, 1.165) is 21.3 Å². The van der Waals surface area contributed by atoms with E-state index in [0.29, 0.717) is 31.1 Å². The van der Waals surface area contributed by atoms with Crippen molar-refractivity contribution in [1.82, 2.24) is 9.29 Å². The number of hydrogen-bond acceptors (Lipinski definition) is 5. The van der Waals surface area contributed by atoms with Gasteiger partial charge in [0, 0.05) is 24.4 Å². The van der Waals surface area contributed by atoms with Crippen LogP contribution < -0.4 is 5.32 Å². The molecule has 0 spiro atoms. The second kappa shape index (κ2) is 8.67. The third-order valence-electron chi connectivity index (χ3n) is 5.27. The summed E-state index contributed by atoms with van der Waals surface area (Å²) in [5, 5.41) is 4.75. The second-order valence-corrected chi connectivity index (χ2v) is 10.2. The third-order valence-corrected chi connectivity index (χ3v) is 7.77. The average Bonchev–Trinajstić information content (AvgIpc) is 3.17. The number of fused-ring (bicyclic) bond motifs is 1.